The Morgan fingerprint density at radius 2 is 1.64 bits per heavy atom. The Hall–Kier alpha value is -2.54. The molecule has 2 rings (SSSR count). The van der Waals surface area contributed by atoms with Gasteiger partial charge in [0.15, 0.2) is 11.5 Å². The van der Waals surface area contributed by atoms with Gasteiger partial charge >= 0.3 is 0 Å². The van der Waals surface area contributed by atoms with Crippen molar-refractivity contribution in [3.8, 4) is 17.2 Å². The largest absolute Gasteiger partial charge is 0.493 e. The van der Waals surface area contributed by atoms with Crippen molar-refractivity contribution >= 4 is 27.5 Å². The van der Waals surface area contributed by atoms with Gasteiger partial charge in [0.1, 0.15) is 0 Å². The highest BCUT2D eigenvalue weighted by atomic mass is 79.9. The third-order valence-corrected chi connectivity index (χ3v) is 4.21. The molecule has 0 saturated heterocycles. The van der Waals surface area contributed by atoms with Crippen LogP contribution in [0, 0.1) is 0 Å². The molecule has 0 heterocycles. The van der Waals surface area contributed by atoms with Gasteiger partial charge in [0.2, 0.25) is 5.75 Å². The molecule has 25 heavy (non-hydrogen) atoms. The van der Waals surface area contributed by atoms with Crippen LogP contribution in [-0.2, 0) is 0 Å². The smallest absolute Gasteiger partial charge is 0.271 e. The Balaban J connectivity index is 2.26. The van der Waals surface area contributed by atoms with Gasteiger partial charge in [-0.3, -0.25) is 4.79 Å². The lowest BCUT2D eigenvalue weighted by molar-refractivity contribution is 0.0954. The molecule has 2 aromatic carbocycles. The molecule has 6 nitrogen and oxygen atoms in total. The second-order valence-electron chi connectivity index (χ2n) is 5.03. The zero-order valence-electron chi connectivity index (χ0n) is 14.4. The zero-order chi connectivity index (χ0) is 18.4. The number of halogens is 1. The maximum Gasteiger partial charge on any atom is 0.271 e. The first-order valence-electron chi connectivity index (χ1n) is 7.41. The van der Waals surface area contributed by atoms with E-state index in [1.807, 2.05) is 31.2 Å². The van der Waals surface area contributed by atoms with Crippen LogP contribution in [0.1, 0.15) is 22.8 Å². The lowest BCUT2D eigenvalue weighted by atomic mass is 10.1. The Morgan fingerprint density at radius 3 is 2.16 bits per heavy atom. The van der Waals surface area contributed by atoms with Crippen molar-refractivity contribution in [1.82, 2.24) is 5.43 Å². The molecule has 7 heteroatoms. The fraction of sp³-hybridized carbons (Fsp3) is 0.222. The second kappa shape index (κ2) is 8.53. The molecule has 0 aromatic heterocycles. The van der Waals surface area contributed by atoms with E-state index in [4.69, 9.17) is 14.2 Å². The van der Waals surface area contributed by atoms with Crippen molar-refractivity contribution in [3.05, 3.63) is 52.0 Å². The Labute approximate surface area is 154 Å². The Bertz CT molecular complexity index is 780. The number of hydrazone groups is 1. The van der Waals surface area contributed by atoms with Crippen LogP contribution in [0.4, 0.5) is 0 Å². The predicted octanol–water partition coefficient (Wildman–Crippen LogP) is 3.63. The summed E-state index contributed by atoms with van der Waals surface area (Å²) in [5, 5.41) is 4.16. The SMILES string of the molecule is COc1cc(C(=O)N/N=C(/C)c2ccccc2Br)cc(OC)c1OC. The van der Waals surface area contributed by atoms with E-state index in [1.165, 1.54) is 21.3 Å². The number of carbonyl (C=O) groups excluding carboxylic acids is 1. The molecular weight excluding hydrogens is 388 g/mol. The molecule has 0 aliphatic rings. The van der Waals surface area contributed by atoms with Gasteiger partial charge in [-0.2, -0.15) is 5.10 Å². The first kappa shape index (κ1) is 18.8. The minimum absolute atomic E-state index is 0.346. The third-order valence-electron chi connectivity index (χ3n) is 3.52. The molecular formula is C18H19BrN2O4. The van der Waals surface area contributed by atoms with Gasteiger partial charge in [-0.25, -0.2) is 5.43 Å². The highest BCUT2D eigenvalue weighted by Crippen LogP contribution is 2.38. The van der Waals surface area contributed by atoms with Crippen molar-refractivity contribution in [1.29, 1.82) is 0 Å². The number of methoxy groups -OCH3 is 3. The Morgan fingerprint density at radius 1 is 1.04 bits per heavy atom. The van der Waals surface area contributed by atoms with Gasteiger partial charge in [0.25, 0.3) is 5.91 Å². The average molecular weight is 407 g/mol. The average Bonchev–Trinajstić information content (AvgIpc) is 2.64. The number of rotatable bonds is 6. The molecule has 0 bridgehead atoms. The summed E-state index contributed by atoms with van der Waals surface area (Å²) in [6.07, 6.45) is 0. The summed E-state index contributed by atoms with van der Waals surface area (Å²) in [4.78, 5) is 12.4. The quantitative estimate of drug-likeness (QED) is 0.587. The molecule has 0 unspecified atom stereocenters. The molecule has 0 spiro atoms. The summed E-state index contributed by atoms with van der Waals surface area (Å²) >= 11 is 3.46. The standard InChI is InChI=1S/C18H19BrN2O4/c1-11(13-7-5-6-8-14(13)19)20-21-18(22)12-9-15(23-2)17(25-4)16(10-12)24-3/h5-10H,1-4H3,(H,21,22)/b20-11-. The van der Waals surface area contributed by atoms with Crippen LogP contribution in [0.25, 0.3) is 0 Å². The molecule has 0 aliphatic heterocycles. The number of hydrogen-bond acceptors (Lipinski definition) is 5. The lowest BCUT2D eigenvalue weighted by Gasteiger charge is -2.13. The number of benzene rings is 2. The molecule has 0 aliphatic carbocycles. The predicted molar refractivity (Wildman–Crippen MR) is 99.9 cm³/mol. The highest BCUT2D eigenvalue weighted by Gasteiger charge is 2.17. The molecule has 1 N–H and O–H groups in total. The van der Waals surface area contributed by atoms with E-state index >= 15 is 0 Å². The summed E-state index contributed by atoms with van der Waals surface area (Å²) < 4.78 is 16.7. The highest BCUT2D eigenvalue weighted by molar-refractivity contribution is 9.10. The van der Waals surface area contributed by atoms with E-state index in [-0.39, 0.29) is 5.91 Å². The van der Waals surface area contributed by atoms with Crippen LogP contribution in [0.2, 0.25) is 0 Å². The summed E-state index contributed by atoms with van der Waals surface area (Å²) in [5.41, 5.74) is 4.46. The van der Waals surface area contributed by atoms with Crippen LogP contribution in [0.3, 0.4) is 0 Å². The number of nitrogens with one attached hydrogen (secondary N) is 1. The van der Waals surface area contributed by atoms with Crippen LogP contribution < -0.4 is 19.6 Å². The van der Waals surface area contributed by atoms with Crippen molar-refractivity contribution in [2.24, 2.45) is 5.10 Å². The number of nitrogens with zero attached hydrogens (tertiary/aromatic N) is 1. The summed E-state index contributed by atoms with van der Waals surface area (Å²) in [5.74, 6) is 0.845. The van der Waals surface area contributed by atoms with Gasteiger partial charge in [-0.15, -0.1) is 0 Å². The molecule has 132 valence electrons. The third kappa shape index (κ3) is 4.30. The molecule has 0 fully saturated rings. The minimum atomic E-state index is -0.384. The van der Waals surface area contributed by atoms with Crippen LogP contribution >= 0.6 is 15.9 Å². The van der Waals surface area contributed by atoms with Gasteiger partial charge < -0.3 is 14.2 Å². The first-order valence-corrected chi connectivity index (χ1v) is 8.20. The van der Waals surface area contributed by atoms with Gasteiger partial charge in [0, 0.05) is 15.6 Å². The fourth-order valence-corrected chi connectivity index (χ4v) is 2.80. The molecule has 0 saturated carbocycles. The summed E-state index contributed by atoms with van der Waals surface area (Å²) in [7, 11) is 4.49. The van der Waals surface area contributed by atoms with E-state index in [9.17, 15) is 4.79 Å². The number of ether oxygens (including phenoxy) is 3. The van der Waals surface area contributed by atoms with Crippen molar-refractivity contribution in [2.45, 2.75) is 6.92 Å². The second-order valence-corrected chi connectivity index (χ2v) is 5.89. The summed E-state index contributed by atoms with van der Waals surface area (Å²) in [6, 6.07) is 10.8. The van der Waals surface area contributed by atoms with E-state index in [0.717, 1.165) is 10.0 Å². The normalized spacial score (nSPS) is 11.0. The molecule has 0 radical (unpaired) electrons. The van der Waals surface area contributed by atoms with E-state index < -0.39 is 0 Å². The van der Waals surface area contributed by atoms with Crippen LogP contribution in [-0.4, -0.2) is 32.9 Å². The van der Waals surface area contributed by atoms with Crippen molar-refractivity contribution in [2.75, 3.05) is 21.3 Å². The van der Waals surface area contributed by atoms with E-state index in [2.05, 4.69) is 26.5 Å². The van der Waals surface area contributed by atoms with Crippen molar-refractivity contribution in [3.63, 3.8) is 0 Å². The van der Waals surface area contributed by atoms with Gasteiger partial charge in [-0.1, -0.05) is 34.1 Å². The van der Waals surface area contributed by atoms with E-state index in [1.54, 1.807) is 12.1 Å². The number of hydrogen-bond donors (Lipinski definition) is 1. The minimum Gasteiger partial charge on any atom is -0.493 e. The number of amides is 1. The molecule has 1 amide bonds. The summed E-state index contributed by atoms with van der Waals surface area (Å²) in [6.45, 7) is 1.82. The molecule has 0 atom stereocenters. The maximum atomic E-state index is 12.4. The topological polar surface area (TPSA) is 69.2 Å². The molecule has 2 aromatic rings. The van der Waals surface area contributed by atoms with Gasteiger partial charge in [0.05, 0.1) is 27.0 Å². The van der Waals surface area contributed by atoms with Crippen LogP contribution in [0.5, 0.6) is 17.2 Å². The zero-order valence-corrected chi connectivity index (χ0v) is 16.0. The van der Waals surface area contributed by atoms with Crippen LogP contribution in [0.15, 0.2) is 46.0 Å². The fourth-order valence-electron chi connectivity index (χ4n) is 2.23. The number of carbonyl (C=O) groups is 1. The van der Waals surface area contributed by atoms with Crippen molar-refractivity contribution < 1.29 is 19.0 Å². The monoisotopic (exact) mass is 406 g/mol. The maximum absolute atomic E-state index is 12.4. The van der Waals surface area contributed by atoms with E-state index in [0.29, 0.717) is 28.5 Å². The lowest BCUT2D eigenvalue weighted by Crippen LogP contribution is -2.19. The van der Waals surface area contributed by atoms with Gasteiger partial charge in [-0.05, 0) is 25.1 Å². The Kier molecular flexibility index (Phi) is 6.41. The first-order chi connectivity index (χ1) is 12.0.